The van der Waals surface area contributed by atoms with Gasteiger partial charge in [0.05, 0.1) is 12.6 Å². The van der Waals surface area contributed by atoms with Gasteiger partial charge in [-0.1, -0.05) is 26.0 Å². The molecule has 0 saturated carbocycles. The molecule has 0 saturated heterocycles. The van der Waals surface area contributed by atoms with Crippen molar-refractivity contribution in [3.05, 3.63) is 29.8 Å². The van der Waals surface area contributed by atoms with Crippen LogP contribution in [-0.2, 0) is 30.4 Å². The summed E-state index contributed by atoms with van der Waals surface area (Å²) in [4.78, 5) is 59.2. The molecule has 0 spiro atoms. The fourth-order valence-electron chi connectivity index (χ4n) is 2.71. The third-order valence-electron chi connectivity index (χ3n) is 4.73. The number of carbonyl (C=O) groups excluding carboxylic acids is 3. The highest BCUT2D eigenvalue weighted by Gasteiger charge is 2.27. The van der Waals surface area contributed by atoms with E-state index in [1.54, 1.807) is 13.8 Å². The van der Waals surface area contributed by atoms with Gasteiger partial charge in [0.2, 0.25) is 17.7 Å². The van der Waals surface area contributed by atoms with Crippen LogP contribution in [0.15, 0.2) is 24.3 Å². The van der Waals surface area contributed by atoms with Crippen LogP contribution < -0.4 is 21.7 Å². The minimum atomic E-state index is -1.48. The van der Waals surface area contributed by atoms with Crippen LogP contribution in [0.5, 0.6) is 5.75 Å². The summed E-state index contributed by atoms with van der Waals surface area (Å²) in [6.45, 7) is 3.02. The van der Waals surface area contributed by atoms with Crippen LogP contribution in [0.4, 0.5) is 0 Å². The van der Waals surface area contributed by atoms with Gasteiger partial charge >= 0.3 is 11.9 Å². The Kier molecular flexibility index (Phi) is 10.8. The first-order chi connectivity index (χ1) is 15.4. The summed E-state index contributed by atoms with van der Waals surface area (Å²) < 4.78 is 0. The summed E-state index contributed by atoms with van der Waals surface area (Å²) >= 11 is 0. The van der Waals surface area contributed by atoms with Crippen LogP contribution in [0.2, 0.25) is 0 Å². The summed E-state index contributed by atoms with van der Waals surface area (Å²) in [5.41, 5.74) is 6.27. The number of nitrogens with two attached hydrogens (primary N) is 1. The van der Waals surface area contributed by atoms with Crippen LogP contribution in [0.3, 0.4) is 0 Å². The SMILES string of the molecule is CC(C)C(N)C(=O)NCC(=O)NC(Cc1ccc(O)cc1)C(=O)NC(CCC(=O)O)C(=O)O. The van der Waals surface area contributed by atoms with Crippen molar-refractivity contribution >= 4 is 29.7 Å². The number of hydrogen-bond acceptors (Lipinski definition) is 7. The largest absolute Gasteiger partial charge is 0.508 e. The minimum Gasteiger partial charge on any atom is -0.508 e. The van der Waals surface area contributed by atoms with E-state index in [2.05, 4.69) is 16.0 Å². The Morgan fingerprint density at radius 1 is 0.939 bits per heavy atom. The van der Waals surface area contributed by atoms with Crippen molar-refractivity contribution in [1.82, 2.24) is 16.0 Å². The third-order valence-corrected chi connectivity index (χ3v) is 4.73. The number of rotatable bonds is 13. The zero-order valence-corrected chi connectivity index (χ0v) is 18.4. The predicted octanol–water partition coefficient (Wildman–Crippen LogP) is -1.05. The highest BCUT2D eigenvalue weighted by Crippen LogP contribution is 2.12. The molecular formula is C21H30N4O8. The lowest BCUT2D eigenvalue weighted by atomic mass is 10.0. The van der Waals surface area contributed by atoms with Gasteiger partial charge in [0.1, 0.15) is 17.8 Å². The van der Waals surface area contributed by atoms with Crippen molar-refractivity contribution in [2.24, 2.45) is 11.7 Å². The topological polar surface area (TPSA) is 208 Å². The smallest absolute Gasteiger partial charge is 0.326 e. The average molecular weight is 466 g/mol. The second kappa shape index (κ2) is 13.0. The molecule has 0 radical (unpaired) electrons. The number of phenolic OH excluding ortho intramolecular Hbond substituents is 1. The van der Waals surface area contributed by atoms with Crippen LogP contribution >= 0.6 is 0 Å². The number of aliphatic carboxylic acids is 2. The second-order valence-electron chi connectivity index (χ2n) is 7.81. The van der Waals surface area contributed by atoms with Crippen LogP contribution in [0.25, 0.3) is 0 Å². The van der Waals surface area contributed by atoms with Gasteiger partial charge in [0.25, 0.3) is 0 Å². The summed E-state index contributed by atoms with van der Waals surface area (Å²) in [5.74, 6) is -4.91. The summed E-state index contributed by atoms with van der Waals surface area (Å²) in [7, 11) is 0. The van der Waals surface area contributed by atoms with E-state index in [4.69, 9.17) is 10.8 Å². The molecule has 0 aliphatic carbocycles. The molecule has 0 aromatic heterocycles. The number of phenols is 1. The highest BCUT2D eigenvalue weighted by molar-refractivity contribution is 5.92. The number of aromatic hydroxyl groups is 1. The zero-order chi connectivity index (χ0) is 25.1. The lowest BCUT2D eigenvalue weighted by Crippen LogP contribution is -2.54. The molecule has 1 aromatic carbocycles. The quantitative estimate of drug-likeness (QED) is 0.189. The number of amides is 3. The highest BCUT2D eigenvalue weighted by atomic mass is 16.4. The molecule has 0 aliphatic rings. The fraction of sp³-hybridized carbons (Fsp3) is 0.476. The first kappa shape index (κ1) is 27.4. The maximum Gasteiger partial charge on any atom is 0.326 e. The lowest BCUT2D eigenvalue weighted by molar-refractivity contribution is -0.143. The number of benzene rings is 1. The lowest BCUT2D eigenvalue weighted by Gasteiger charge is -2.22. The Labute approximate surface area is 190 Å². The van der Waals surface area contributed by atoms with Gasteiger partial charge in [-0.3, -0.25) is 19.2 Å². The van der Waals surface area contributed by atoms with Crippen molar-refractivity contribution in [3.8, 4) is 5.75 Å². The molecule has 12 heteroatoms. The van der Waals surface area contributed by atoms with E-state index in [1.165, 1.54) is 24.3 Å². The standard InChI is InChI=1S/C21H30N4O8/c1-11(2)18(22)20(31)23-10-16(27)24-15(9-12-3-5-13(26)6-4-12)19(30)25-14(21(32)33)7-8-17(28)29/h3-6,11,14-15,18,26H,7-10,22H2,1-2H3,(H,23,31)(H,24,27)(H,25,30)(H,28,29)(H,32,33). The molecule has 8 N–H and O–H groups in total. The normalized spacial score (nSPS) is 13.5. The molecule has 1 rings (SSSR count). The number of nitrogens with one attached hydrogen (secondary N) is 3. The first-order valence-corrected chi connectivity index (χ1v) is 10.3. The van der Waals surface area contributed by atoms with Gasteiger partial charge < -0.3 is 37.0 Å². The molecule has 33 heavy (non-hydrogen) atoms. The molecule has 3 unspecified atom stereocenters. The van der Waals surface area contributed by atoms with E-state index < -0.39 is 60.8 Å². The molecule has 12 nitrogen and oxygen atoms in total. The Bertz CT molecular complexity index is 856. The van der Waals surface area contributed by atoms with Crippen molar-refractivity contribution in [2.45, 2.75) is 51.2 Å². The van der Waals surface area contributed by atoms with E-state index in [9.17, 15) is 34.2 Å². The molecule has 0 aliphatic heterocycles. The van der Waals surface area contributed by atoms with Gasteiger partial charge in [0, 0.05) is 12.8 Å². The van der Waals surface area contributed by atoms with E-state index in [0.29, 0.717) is 5.56 Å². The van der Waals surface area contributed by atoms with Gasteiger partial charge in [0.15, 0.2) is 0 Å². The van der Waals surface area contributed by atoms with Crippen molar-refractivity contribution < 1.29 is 39.3 Å². The zero-order valence-electron chi connectivity index (χ0n) is 18.4. The van der Waals surface area contributed by atoms with Gasteiger partial charge in [-0.25, -0.2) is 4.79 Å². The maximum atomic E-state index is 12.8. The molecule has 182 valence electrons. The Hall–Kier alpha value is -3.67. The summed E-state index contributed by atoms with van der Waals surface area (Å²) in [5, 5.41) is 34.5. The predicted molar refractivity (Wildman–Crippen MR) is 116 cm³/mol. The second-order valence-corrected chi connectivity index (χ2v) is 7.81. The van der Waals surface area contributed by atoms with Crippen molar-refractivity contribution in [1.29, 1.82) is 0 Å². The van der Waals surface area contributed by atoms with Crippen molar-refractivity contribution in [2.75, 3.05) is 6.54 Å². The molecule has 1 aromatic rings. The van der Waals surface area contributed by atoms with E-state index >= 15 is 0 Å². The third kappa shape index (κ3) is 9.99. The Balaban J connectivity index is 2.91. The van der Waals surface area contributed by atoms with Gasteiger partial charge in [-0.15, -0.1) is 0 Å². The van der Waals surface area contributed by atoms with Crippen LogP contribution in [-0.4, -0.2) is 69.7 Å². The monoisotopic (exact) mass is 466 g/mol. The summed E-state index contributed by atoms with van der Waals surface area (Å²) in [6, 6.07) is 2.27. The number of hydrogen-bond donors (Lipinski definition) is 7. The van der Waals surface area contributed by atoms with Crippen LogP contribution in [0.1, 0.15) is 32.3 Å². The van der Waals surface area contributed by atoms with Crippen molar-refractivity contribution in [3.63, 3.8) is 0 Å². The minimum absolute atomic E-state index is 0.00685. The molecular weight excluding hydrogens is 436 g/mol. The fourth-order valence-corrected chi connectivity index (χ4v) is 2.71. The number of carboxylic acids is 2. The number of carboxylic acid groups (broad SMARTS) is 2. The number of carbonyl (C=O) groups is 5. The van der Waals surface area contributed by atoms with Gasteiger partial charge in [-0.05, 0) is 30.0 Å². The average Bonchev–Trinajstić information content (AvgIpc) is 2.74. The molecule has 0 fully saturated rings. The van der Waals surface area contributed by atoms with E-state index in [-0.39, 0.29) is 24.5 Å². The molecule has 3 atom stereocenters. The maximum absolute atomic E-state index is 12.8. The Morgan fingerprint density at radius 3 is 2.06 bits per heavy atom. The molecule has 3 amide bonds. The Morgan fingerprint density at radius 2 is 1.55 bits per heavy atom. The molecule has 0 heterocycles. The van der Waals surface area contributed by atoms with Crippen LogP contribution in [0, 0.1) is 5.92 Å². The van der Waals surface area contributed by atoms with E-state index in [0.717, 1.165) is 0 Å². The van der Waals surface area contributed by atoms with Gasteiger partial charge in [-0.2, -0.15) is 0 Å². The van der Waals surface area contributed by atoms with E-state index in [1.807, 2.05) is 0 Å². The summed E-state index contributed by atoms with van der Waals surface area (Å²) in [6.07, 6.45) is -0.879. The first-order valence-electron chi connectivity index (χ1n) is 10.3. The molecule has 0 bridgehead atoms.